The molecule has 1 aliphatic heterocycles. The predicted molar refractivity (Wildman–Crippen MR) is 96.6 cm³/mol. The molecule has 136 valence electrons. The monoisotopic (exact) mass is 374 g/mol. The lowest BCUT2D eigenvalue weighted by Crippen LogP contribution is -2.26. The zero-order valence-electron chi connectivity index (χ0n) is 14.0. The zero-order valence-corrected chi connectivity index (χ0v) is 14.7. The average Bonchev–Trinajstić information content (AvgIpc) is 2.67. The lowest BCUT2D eigenvalue weighted by Gasteiger charge is -2.28. The summed E-state index contributed by atoms with van der Waals surface area (Å²) in [7, 11) is 0. The normalized spacial score (nSPS) is 19.5. The van der Waals surface area contributed by atoms with Gasteiger partial charge in [0, 0.05) is 17.4 Å². The number of aliphatic hydroxyl groups is 1. The number of carboxylic acid groups (broad SMARTS) is 1. The van der Waals surface area contributed by atoms with Gasteiger partial charge in [-0.05, 0) is 34.9 Å². The Labute approximate surface area is 156 Å². The molecule has 0 saturated heterocycles. The van der Waals surface area contributed by atoms with E-state index in [-0.39, 0.29) is 24.9 Å². The molecule has 5 nitrogen and oxygen atoms in total. The van der Waals surface area contributed by atoms with Crippen molar-refractivity contribution in [3.05, 3.63) is 82.1 Å². The van der Waals surface area contributed by atoms with Crippen LogP contribution in [0.1, 0.15) is 29.0 Å². The van der Waals surface area contributed by atoms with Crippen LogP contribution >= 0.6 is 11.6 Å². The molecule has 0 radical (unpaired) electrons. The van der Waals surface area contributed by atoms with Gasteiger partial charge in [0.25, 0.3) is 0 Å². The summed E-state index contributed by atoms with van der Waals surface area (Å²) in [5.41, 5.74) is 2.69. The molecule has 0 spiro atoms. The van der Waals surface area contributed by atoms with Crippen molar-refractivity contribution in [1.82, 2.24) is 0 Å². The molecule has 0 aromatic heterocycles. The molecular weight excluding hydrogens is 356 g/mol. The summed E-state index contributed by atoms with van der Waals surface area (Å²) in [5.74, 6) is -1.37. The van der Waals surface area contributed by atoms with Gasteiger partial charge in [0.1, 0.15) is 0 Å². The molecule has 6 heteroatoms. The van der Waals surface area contributed by atoms with Crippen LogP contribution in [0.4, 0.5) is 0 Å². The molecule has 0 amide bonds. The van der Waals surface area contributed by atoms with Crippen molar-refractivity contribution in [3.63, 3.8) is 0 Å². The van der Waals surface area contributed by atoms with Gasteiger partial charge in [-0.15, -0.1) is 0 Å². The van der Waals surface area contributed by atoms with E-state index in [4.69, 9.17) is 26.2 Å². The van der Waals surface area contributed by atoms with Gasteiger partial charge in [-0.3, -0.25) is 0 Å². The number of hydrogen-bond donors (Lipinski definition) is 2. The van der Waals surface area contributed by atoms with E-state index in [0.29, 0.717) is 11.4 Å². The second-order valence-electron chi connectivity index (χ2n) is 6.06. The summed E-state index contributed by atoms with van der Waals surface area (Å²) >= 11 is 5.92. The Balaban J connectivity index is 1.70. The molecule has 0 bridgehead atoms. The molecule has 2 atom stereocenters. The quantitative estimate of drug-likeness (QED) is 0.803. The number of aliphatic carboxylic acids is 1. The van der Waals surface area contributed by atoms with Crippen LogP contribution in [-0.4, -0.2) is 22.5 Å². The highest BCUT2D eigenvalue weighted by molar-refractivity contribution is 6.30. The molecule has 0 unspecified atom stereocenters. The van der Waals surface area contributed by atoms with Gasteiger partial charge >= 0.3 is 5.97 Å². The largest absolute Gasteiger partial charge is 0.475 e. The molecule has 2 aromatic carbocycles. The summed E-state index contributed by atoms with van der Waals surface area (Å²) in [6, 6.07) is 14.7. The van der Waals surface area contributed by atoms with Crippen molar-refractivity contribution in [2.24, 2.45) is 0 Å². The van der Waals surface area contributed by atoms with Gasteiger partial charge in [-0.1, -0.05) is 48.0 Å². The van der Waals surface area contributed by atoms with Crippen molar-refractivity contribution in [2.45, 2.75) is 31.8 Å². The van der Waals surface area contributed by atoms with E-state index in [2.05, 4.69) is 0 Å². The Morgan fingerprint density at radius 2 is 1.77 bits per heavy atom. The minimum Gasteiger partial charge on any atom is -0.475 e. The maximum Gasteiger partial charge on any atom is 0.370 e. The SMILES string of the molecule is O=C(O)C1=C[C@H](c2ccc(Cl)cc2)C[C@H](OCc2ccc(CO)cc2)O1. The Bertz CT molecular complexity index is 783. The van der Waals surface area contributed by atoms with Crippen molar-refractivity contribution in [3.8, 4) is 0 Å². The van der Waals surface area contributed by atoms with Gasteiger partial charge in [-0.2, -0.15) is 0 Å². The van der Waals surface area contributed by atoms with E-state index in [1.807, 2.05) is 36.4 Å². The zero-order chi connectivity index (χ0) is 18.5. The number of halogens is 1. The smallest absolute Gasteiger partial charge is 0.370 e. The number of ether oxygens (including phenoxy) is 2. The van der Waals surface area contributed by atoms with Crippen LogP contribution in [0.5, 0.6) is 0 Å². The van der Waals surface area contributed by atoms with E-state index >= 15 is 0 Å². The molecule has 26 heavy (non-hydrogen) atoms. The fourth-order valence-corrected chi connectivity index (χ4v) is 2.91. The fraction of sp³-hybridized carbons (Fsp3) is 0.250. The number of rotatable bonds is 6. The van der Waals surface area contributed by atoms with Crippen molar-refractivity contribution >= 4 is 17.6 Å². The third-order valence-corrected chi connectivity index (χ3v) is 4.46. The van der Waals surface area contributed by atoms with Crippen LogP contribution in [0.2, 0.25) is 5.02 Å². The first-order chi connectivity index (χ1) is 12.5. The predicted octanol–water partition coefficient (Wildman–Crippen LogP) is 3.85. The second-order valence-corrected chi connectivity index (χ2v) is 6.50. The fourth-order valence-electron chi connectivity index (χ4n) is 2.78. The summed E-state index contributed by atoms with van der Waals surface area (Å²) in [6.45, 7) is 0.277. The second kappa shape index (κ2) is 8.36. The minimum atomic E-state index is -1.12. The van der Waals surface area contributed by atoms with Gasteiger partial charge in [0.2, 0.25) is 12.0 Å². The number of benzene rings is 2. The highest BCUT2D eigenvalue weighted by atomic mass is 35.5. The Morgan fingerprint density at radius 1 is 1.12 bits per heavy atom. The van der Waals surface area contributed by atoms with Gasteiger partial charge in [0.05, 0.1) is 13.2 Å². The molecular formula is C20H19ClO5. The highest BCUT2D eigenvalue weighted by Crippen LogP contribution is 2.32. The standard InChI is InChI=1S/C20H19ClO5/c21-17-7-5-15(6-8-17)16-9-18(20(23)24)26-19(10-16)25-12-14-3-1-13(11-22)2-4-14/h1-9,16,19,22H,10-12H2,(H,23,24)/t16-,19+/m0/s1. The van der Waals surface area contributed by atoms with E-state index < -0.39 is 12.3 Å². The molecule has 2 aromatic rings. The molecule has 2 N–H and O–H groups in total. The van der Waals surface area contributed by atoms with Crippen molar-refractivity contribution in [1.29, 1.82) is 0 Å². The number of allylic oxidation sites excluding steroid dienone is 1. The van der Waals surface area contributed by atoms with E-state index in [0.717, 1.165) is 16.7 Å². The van der Waals surface area contributed by atoms with Crippen molar-refractivity contribution in [2.75, 3.05) is 0 Å². The first-order valence-corrected chi connectivity index (χ1v) is 8.60. The number of hydrogen-bond acceptors (Lipinski definition) is 4. The van der Waals surface area contributed by atoms with Crippen LogP contribution in [0.25, 0.3) is 0 Å². The van der Waals surface area contributed by atoms with E-state index in [1.165, 1.54) is 0 Å². The summed E-state index contributed by atoms with van der Waals surface area (Å²) in [4.78, 5) is 11.4. The number of carbonyl (C=O) groups is 1. The lowest BCUT2D eigenvalue weighted by atomic mass is 9.93. The summed E-state index contributed by atoms with van der Waals surface area (Å²) in [5, 5.41) is 19.0. The highest BCUT2D eigenvalue weighted by Gasteiger charge is 2.28. The molecule has 0 aliphatic carbocycles. The first kappa shape index (κ1) is 18.5. The summed E-state index contributed by atoms with van der Waals surface area (Å²) < 4.78 is 11.2. The van der Waals surface area contributed by atoms with Gasteiger partial charge < -0.3 is 19.7 Å². The number of carboxylic acids is 1. The van der Waals surface area contributed by atoms with Crippen LogP contribution in [0.3, 0.4) is 0 Å². The van der Waals surface area contributed by atoms with E-state index in [9.17, 15) is 9.90 Å². The molecule has 1 heterocycles. The molecule has 1 aliphatic rings. The van der Waals surface area contributed by atoms with Crippen LogP contribution in [0, 0.1) is 0 Å². The molecule has 0 fully saturated rings. The van der Waals surface area contributed by atoms with E-state index in [1.54, 1.807) is 18.2 Å². The Hall–Kier alpha value is -2.34. The third-order valence-electron chi connectivity index (χ3n) is 4.21. The Morgan fingerprint density at radius 3 is 2.38 bits per heavy atom. The van der Waals surface area contributed by atoms with Gasteiger partial charge in [0.15, 0.2) is 0 Å². The van der Waals surface area contributed by atoms with Crippen LogP contribution in [0.15, 0.2) is 60.4 Å². The lowest BCUT2D eigenvalue weighted by molar-refractivity contribution is -0.159. The topological polar surface area (TPSA) is 76.0 Å². The number of aliphatic hydroxyl groups excluding tert-OH is 1. The minimum absolute atomic E-state index is 0.0115. The summed E-state index contributed by atoms with van der Waals surface area (Å²) in [6.07, 6.45) is 1.44. The Kier molecular flexibility index (Phi) is 5.93. The molecule has 3 rings (SSSR count). The maximum absolute atomic E-state index is 11.4. The average molecular weight is 375 g/mol. The first-order valence-electron chi connectivity index (χ1n) is 8.22. The third kappa shape index (κ3) is 4.64. The maximum atomic E-state index is 11.4. The van der Waals surface area contributed by atoms with Crippen LogP contribution in [-0.2, 0) is 27.5 Å². The van der Waals surface area contributed by atoms with Crippen molar-refractivity contribution < 1.29 is 24.5 Å². The van der Waals surface area contributed by atoms with Gasteiger partial charge in [-0.25, -0.2) is 4.79 Å². The molecule has 0 saturated carbocycles. The van der Waals surface area contributed by atoms with Crippen LogP contribution < -0.4 is 0 Å².